The number of allylic oxidation sites excluding steroid dienone is 4. The van der Waals surface area contributed by atoms with Crippen LogP contribution in [0.5, 0.6) is 0 Å². The fourth-order valence-electron chi connectivity index (χ4n) is 8.42. The molecule has 58 heavy (non-hydrogen) atoms. The van der Waals surface area contributed by atoms with E-state index in [2.05, 4.69) is 213 Å². The van der Waals surface area contributed by atoms with Gasteiger partial charge in [-0.1, -0.05) is 119 Å². The van der Waals surface area contributed by atoms with Gasteiger partial charge in [0, 0.05) is 5.41 Å². The van der Waals surface area contributed by atoms with Crippen LogP contribution in [-0.2, 0) is 46.9 Å². The molecule has 3 aliphatic carbocycles. The molecule has 0 atom stereocenters. The van der Waals surface area contributed by atoms with Crippen molar-refractivity contribution in [2.75, 3.05) is 0 Å². The Hall–Kier alpha value is -2.96. The molecule has 0 amide bonds. The van der Waals surface area contributed by atoms with E-state index in [0.29, 0.717) is 5.41 Å². The minimum absolute atomic E-state index is 0. The van der Waals surface area contributed by atoms with Crippen LogP contribution < -0.4 is 24.8 Å². The first-order chi connectivity index (χ1) is 25.9. The van der Waals surface area contributed by atoms with Gasteiger partial charge in [-0.2, -0.15) is 29.3 Å². The zero-order valence-corrected chi connectivity index (χ0v) is 41.7. The summed E-state index contributed by atoms with van der Waals surface area (Å²) in [6.45, 7) is 34.3. The molecule has 0 N–H and O–H groups in total. The molecule has 0 radical (unpaired) electrons. The second-order valence-electron chi connectivity index (χ2n) is 20.7. The van der Waals surface area contributed by atoms with Crippen LogP contribution in [0.4, 0.5) is 0 Å². The Kier molecular flexibility index (Phi) is 14.1. The van der Waals surface area contributed by atoms with Gasteiger partial charge in [0.15, 0.2) is 0 Å². The van der Waals surface area contributed by atoms with Gasteiger partial charge in [-0.05, 0) is 62.3 Å². The van der Waals surface area contributed by atoms with Gasteiger partial charge in [0.05, 0.1) is 0 Å². The van der Waals surface area contributed by atoms with Gasteiger partial charge in [-0.3, -0.25) is 6.08 Å². The van der Waals surface area contributed by atoms with Gasteiger partial charge in [-0.15, -0.1) is 11.6 Å². The summed E-state index contributed by atoms with van der Waals surface area (Å²) in [5.74, 6) is 0. The van der Waals surface area contributed by atoms with Gasteiger partial charge < -0.3 is 24.8 Å². The number of benzene rings is 4. The second kappa shape index (κ2) is 17.2. The van der Waals surface area contributed by atoms with E-state index in [1.54, 1.807) is 0 Å². The Labute approximate surface area is 379 Å². The van der Waals surface area contributed by atoms with E-state index >= 15 is 0 Å². The van der Waals surface area contributed by atoms with Gasteiger partial charge >= 0.3 is 112 Å². The summed E-state index contributed by atoms with van der Waals surface area (Å²) < 4.78 is 1.42. The van der Waals surface area contributed by atoms with E-state index in [9.17, 15) is 0 Å². The average Bonchev–Trinajstić information content (AvgIpc) is 3.87. The van der Waals surface area contributed by atoms with Crippen LogP contribution in [0, 0.1) is 30.8 Å². The fourth-order valence-corrected chi connectivity index (χ4v) is 9.24. The van der Waals surface area contributed by atoms with E-state index in [1.807, 2.05) is 0 Å². The van der Waals surface area contributed by atoms with Crippen molar-refractivity contribution in [2.45, 2.75) is 127 Å². The predicted molar refractivity (Wildman–Crippen MR) is 241 cm³/mol. The normalized spacial score (nSPS) is 15.4. The van der Waals surface area contributed by atoms with Crippen molar-refractivity contribution in [1.29, 1.82) is 0 Å². The third kappa shape index (κ3) is 9.97. The van der Waals surface area contributed by atoms with Gasteiger partial charge in [0.1, 0.15) is 0 Å². The van der Waals surface area contributed by atoms with Crippen LogP contribution in [0.2, 0.25) is 0 Å². The third-order valence-corrected chi connectivity index (χ3v) is 13.2. The molecule has 0 fully saturated rings. The summed E-state index contributed by atoms with van der Waals surface area (Å²) in [6, 6.07) is 36.0. The smallest absolute Gasteiger partial charge is 1.00 e. The number of rotatable bonds is 2. The maximum absolute atomic E-state index is 3.85. The second-order valence-corrected chi connectivity index (χ2v) is 22.0. The van der Waals surface area contributed by atoms with Gasteiger partial charge in [0.25, 0.3) is 0 Å². The van der Waals surface area contributed by atoms with Crippen molar-refractivity contribution in [3.8, 4) is 11.1 Å². The van der Waals surface area contributed by atoms with Crippen molar-refractivity contribution in [3.63, 3.8) is 0 Å². The monoisotopic (exact) mass is 884 g/mol. The predicted octanol–water partition coefficient (Wildman–Crippen LogP) is 8.63. The van der Waals surface area contributed by atoms with E-state index in [1.165, 1.54) is 111 Å². The number of hydrogen-bond acceptors (Lipinski definition) is 0. The fraction of sp³-hybridized carbons (Fsp3) is 0.382. The summed E-state index contributed by atoms with van der Waals surface area (Å²) in [6.07, 6.45) is 7.41. The van der Waals surface area contributed by atoms with Crippen molar-refractivity contribution in [2.24, 2.45) is 10.8 Å². The Morgan fingerprint density at radius 2 is 1.09 bits per heavy atom. The van der Waals surface area contributed by atoms with Crippen molar-refractivity contribution < 1.29 is 49.0 Å². The summed E-state index contributed by atoms with van der Waals surface area (Å²) in [5, 5.41) is 0. The van der Waals surface area contributed by atoms with E-state index < -0.39 is 0 Å². The number of halogens is 2. The molecular formula is C55H64Cl2Zr-2. The molecule has 3 heteroatoms. The molecule has 0 saturated heterocycles. The SMILES string of the molecule is CC(C)(C)C1=[C-]C(C)(C)c2cc3c(cc21)-c1cc2c(cc1C3)C(C)(C)C=C2C(C)(C)C.CC(C)(C)c1cc[cH-]c1.Cc1ccc([C](=[Zr+2])c2ccc(C)cc2)cc1.[Cl-].[Cl-]. The molecule has 0 saturated carbocycles. The topological polar surface area (TPSA) is 0 Å². The zero-order chi connectivity index (χ0) is 41.2. The maximum atomic E-state index is 3.85. The van der Waals surface area contributed by atoms with Gasteiger partial charge in [0.2, 0.25) is 0 Å². The van der Waals surface area contributed by atoms with Crippen LogP contribution >= 0.6 is 0 Å². The van der Waals surface area contributed by atoms with Crippen molar-refractivity contribution >= 4 is 14.4 Å². The molecule has 8 rings (SSSR count). The molecule has 0 unspecified atom stereocenters. The average molecular weight is 887 g/mol. The Balaban J connectivity index is 0.000000230. The summed E-state index contributed by atoms with van der Waals surface area (Å²) in [4.78, 5) is 0. The molecule has 0 heterocycles. The van der Waals surface area contributed by atoms with Crippen molar-refractivity contribution in [1.82, 2.24) is 0 Å². The molecule has 3 aliphatic rings. The first-order valence-corrected chi connectivity index (χ1v) is 21.8. The number of hydrogen-bond donors (Lipinski definition) is 0. The van der Waals surface area contributed by atoms with Crippen LogP contribution in [0.25, 0.3) is 22.3 Å². The van der Waals surface area contributed by atoms with Gasteiger partial charge in [-0.25, -0.2) is 11.6 Å². The number of aryl methyl sites for hydroxylation is 2. The minimum Gasteiger partial charge on any atom is -1.00 e. The molecule has 0 bridgehead atoms. The van der Waals surface area contributed by atoms with E-state index in [4.69, 9.17) is 0 Å². The summed E-state index contributed by atoms with van der Waals surface area (Å²) >= 11 is 1.46. The molecule has 304 valence electrons. The van der Waals surface area contributed by atoms with E-state index in [-0.39, 0.29) is 46.5 Å². The first kappa shape index (κ1) is 47.7. The summed E-state index contributed by atoms with van der Waals surface area (Å²) in [7, 11) is 0. The Morgan fingerprint density at radius 3 is 1.50 bits per heavy atom. The largest absolute Gasteiger partial charge is 1.00 e. The van der Waals surface area contributed by atoms with Crippen LogP contribution in [0.1, 0.15) is 151 Å². The first-order valence-electron chi connectivity index (χ1n) is 20.6. The third-order valence-electron chi connectivity index (χ3n) is 11.8. The van der Waals surface area contributed by atoms with Crippen LogP contribution in [0.3, 0.4) is 0 Å². The summed E-state index contributed by atoms with van der Waals surface area (Å²) in [5.41, 5.74) is 22.0. The zero-order valence-electron chi connectivity index (χ0n) is 37.8. The Bertz CT molecular complexity index is 2180. The minimum atomic E-state index is -0.0202. The molecular weight excluding hydrogens is 823 g/mol. The van der Waals surface area contributed by atoms with Crippen LogP contribution in [-0.4, -0.2) is 3.21 Å². The molecule has 5 aromatic carbocycles. The molecule has 0 spiro atoms. The molecule has 0 aliphatic heterocycles. The molecule has 0 nitrogen and oxygen atoms in total. The number of fused-ring (bicyclic) bond motifs is 5. The molecule has 0 aromatic heterocycles. The quantitative estimate of drug-likeness (QED) is 0.153. The van der Waals surface area contributed by atoms with Crippen LogP contribution in [0.15, 0.2) is 103 Å². The molecule has 5 aromatic rings. The Morgan fingerprint density at radius 1 is 0.603 bits per heavy atom. The van der Waals surface area contributed by atoms with E-state index in [0.717, 1.165) is 6.42 Å². The maximum Gasteiger partial charge on any atom is -1.00 e. The van der Waals surface area contributed by atoms with Crippen molar-refractivity contribution in [3.05, 3.63) is 170 Å². The standard InChI is InChI=1S/C31H37.C15H14.C9H13.2ClH.Zr/c1-28(2,3)26-16-30(7,8)24-12-18-11-19-13-25-23(15-21(19)20(18)14-22(24)26)27(29(4,5)6)17-31(25,9)10;1-12-3-7-14(8-4-12)11-15-9-5-13(2)6-10-15;1-9(2,3)8-6-4-5-7-8;;;/h12-16H,11H2,1-10H3;3-10H,1-2H3;4-7H,1-3H3;2*1H;/q-1;;-1;;;+2/p-2.